The van der Waals surface area contributed by atoms with Gasteiger partial charge in [-0.2, -0.15) is 5.10 Å². The van der Waals surface area contributed by atoms with Crippen molar-refractivity contribution in [1.29, 1.82) is 0 Å². The molecule has 0 amide bonds. The van der Waals surface area contributed by atoms with Gasteiger partial charge >= 0.3 is 0 Å². The minimum absolute atomic E-state index is 0. The second kappa shape index (κ2) is 8.95. The van der Waals surface area contributed by atoms with Crippen LogP contribution in [0.5, 0.6) is 0 Å². The van der Waals surface area contributed by atoms with E-state index in [1.54, 1.807) is 0 Å². The molecule has 0 saturated heterocycles. The second-order valence-electron chi connectivity index (χ2n) is 4.59. The summed E-state index contributed by atoms with van der Waals surface area (Å²) in [5.41, 5.74) is 8.96. The molecule has 6 heteroatoms. The number of aliphatic imine (C=N–C) groups is 1. The zero-order valence-corrected chi connectivity index (χ0v) is 14.3. The monoisotopic (exact) mass is 377 g/mol. The zero-order chi connectivity index (χ0) is 13.5. The van der Waals surface area contributed by atoms with E-state index in [0.29, 0.717) is 12.5 Å². The molecule has 0 aliphatic rings. The van der Waals surface area contributed by atoms with E-state index in [4.69, 9.17) is 5.73 Å². The van der Waals surface area contributed by atoms with Crippen molar-refractivity contribution in [3.63, 3.8) is 0 Å². The number of nitrogens with two attached hydrogens (primary N) is 1. The Bertz CT molecular complexity index is 436. The van der Waals surface area contributed by atoms with Crippen LogP contribution in [0.15, 0.2) is 23.2 Å². The van der Waals surface area contributed by atoms with E-state index in [1.165, 1.54) is 5.69 Å². The van der Waals surface area contributed by atoms with Crippen LogP contribution in [0, 0.1) is 13.8 Å². The van der Waals surface area contributed by atoms with Gasteiger partial charge in [0, 0.05) is 18.8 Å². The Kier molecular flexibility index (Phi) is 8.46. The van der Waals surface area contributed by atoms with Gasteiger partial charge in [-0.25, -0.2) is 4.99 Å². The van der Waals surface area contributed by atoms with Gasteiger partial charge in [0.1, 0.15) is 0 Å². The lowest BCUT2D eigenvalue weighted by atomic mass is 10.3. The van der Waals surface area contributed by atoms with Crippen LogP contribution >= 0.6 is 24.0 Å². The van der Waals surface area contributed by atoms with Crippen molar-refractivity contribution < 1.29 is 0 Å². The lowest BCUT2D eigenvalue weighted by molar-refractivity contribution is 0.557. The molecule has 0 radical (unpaired) electrons. The van der Waals surface area contributed by atoms with Gasteiger partial charge in [0.05, 0.1) is 12.2 Å². The van der Waals surface area contributed by atoms with E-state index in [0.717, 1.165) is 30.8 Å². The fourth-order valence-electron chi connectivity index (χ4n) is 1.62. The molecule has 1 aromatic heterocycles. The molecule has 0 spiro atoms. The van der Waals surface area contributed by atoms with Crippen molar-refractivity contribution in [3.8, 4) is 0 Å². The second-order valence-corrected chi connectivity index (χ2v) is 4.59. The molecule has 19 heavy (non-hydrogen) atoms. The van der Waals surface area contributed by atoms with Crippen molar-refractivity contribution in [2.24, 2.45) is 10.7 Å². The SMILES string of the molecule is C=C(C)CN=C(N)NCCCn1nc(C)cc1C.I. The summed E-state index contributed by atoms with van der Waals surface area (Å²) in [4.78, 5) is 4.15. The fourth-order valence-corrected chi connectivity index (χ4v) is 1.62. The molecule has 1 aromatic rings. The molecule has 0 aliphatic carbocycles. The molecule has 0 aromatic carbocycles. The van der Waals surface area contributed by atoms with Crippen molar-refractivity contribution >= 4 is 29.9 Å². The van der Waals surface area contributed by atoms with E-state index in [9.17, 15) is 0 Å². The first-order chi connectivity index (χ1) is 8.49. The van der Waals surface area contributed by atoms with Crippen LogP contribution in [0.2, 0.25) is 0 Å². The predicted molar refractivity (Wildman–Crippen MR) is 91.0 cm³/mol. The predicted octanol–water partition coefficient (Wildman–Crippen LogP) is 1.99. The molecule has 108 valence electrons. The molecule has 0 unspecified atom stereocenters. The lowest BCUT2D eigenvalue weighted by Gasteiger charge is -2.07. The molecule has 0 saturated carbocycles. The minimum atomic E-state index is 0. The average Bonchev–Trinajstić information content (AvgIpc) is 2.60. The van der Waals surface area contributed by atoms with E-state index < -0.39 is 0 Å². The summed E-state index contributed by atoms with van der Waals surface area (Å²) in [5, 5.41) is 7.48. The number of hydrogen-bond donors (Lipinski definition) is 2. The number of nitrogens with one attached hydrogen (secondary N) is 1. The van der Waals surface area contributed by atoms with Gasteiger partial charge in [-0.15, -0.1) is 24.0 Å². The third kappa shape index (κ3) is 7.19. The molecule has 0 atom stereocenters. The van der Waals surface area contributed by atoms with Gasteiger partial charge in [-0.05, 0) is 33.3 Å². The normalized spacial score (nSPS) is 11.0. The van der Waals surface area contributed by atoms with Crippen LogP contribution in [0.4, 0.5) is 0 Å². The summed E-state index contributed by atoms with van der Waals surface area (Å²) in [6.07, 6.45) is 0.964. The number of nitrogens with zero attached hydrogens (tertiary/aromatic N) is 3. The van der Waals surface area contributed by atoms with Gasteiger partial charge in [0.25, 0.3) is 0 Å². The van der Waals surface area contributed by atoms with Crippen LogP contribution in [0.3, 0.4) is 0 Å². The largest absolute Gasteiger partial charge is 0.370 e. The topological polar surface area (TPSA) is 68.2 Å². The Hall–Kier alpha value is -1.05. The molecule has 5 nitrogen and oxygen atoms in total. The van der Waals surface area contributed by atoms with Gasteiger partial charge in [0.2, 0.25) is 0 Å². The highest BCUT2D eigenvalue weighted by molar-refractivity contribution is 14.0. The Balaban J connectivity index is 0.00000324. The molecule has 0 bridgehead atoms. The average molecular weight is 377 g/mol. The van der Waals surface area contributed by atoms with Gasteiger partial charge in [-0.3, -0.25) is 4.68 Å². The first-order valence-corrected chi connectivity index (χ1v) is 6.18. The number of aromatic nitrogens is 2. The van der Waals surface area contributed by atoms with E-state index in [1.807, 2.05) is 18.5 Å². The summed E-state index contributed by atoms with van der Waals surface area (Å²) in [6.45, 7) is 12.0. The number of rotatable bonds is 6. The molecule has 0 fully saturated rings. The lowest BCUT2D eigenvalue weighted by Crippen LogP contribution is -2.33. The molecular weight excluding hydrogens is 353 g/mol. The van der Waals surface area contributed by atoms with E-state index >= 15 is 0 Å². The smallest absolute Gasteiger partial charge is 0.188 e. The van der Waals surface area contributed by atoms with Crippen LogP contribution in [0.1, 0.15) is 24.7 Å². The first-order valence-electron chi connectivity index (χ1n) is 6.18. The fraction of sp³-hybridized carbons (Fsp3) is 0.538. The highest BCUT2D eigenvalue weighted by atomic mass is 127. The van der Waals surface area contributed by atoms with Gasteiger partial charge in [0.15, 0.2) is 5.96 Å². The summed E-state index contributed by atoms with van der Waals surface area (Å²) < 4.78 is 2.01. The molecular formula is C13H24IN5. The quantitative estimate of drug-likeness (QED) is 0.262. The van der Waals surface area contributed by atoms with E-state index in [-0.39, 0.29) is 24.0 Å². The van der Waals surface area contributed by atoms with Crippen molar-refractivity contribution in [2.45, 2.75) is 33.7 Å². The van der Waals surface area contributed by atoms with Crippen LogP contribution in [0.25, 0.3) is 0 Å². The summed E-state index contributed by atoms with van der Waals surface area (Å²) in [7, 11) is 0. The minimum Gasteiger partial charge on any atom is -0.370 e. The molecule has 1 rings (SSSR count). The Labute approximate surface area is 132 Å². The zero-order valence-electron chi connectivity index (χ0n) is 11.9. The van der Waals surface area contributed by atoms with Crippen molar-refractivity contribution in [3.05, 3.63) is 29.6 Å². The van der Waals surface area contributed by atoms with Crippen LogP contribution in [-0.4, -0.2) is 28.8 Å². The van der Waals surface area contributed by atoms with Crippen molar-refractivity contribution in [1.82, 2.24) is 15.1 Å². The third-order valence-electron chi connectivity index (χ3n) is 2.48. The maximum Gasteiger partial charge on any atom is 0.188 e. The number of aryl methyl sites for hydroxylation is 3. The number of guanidine groups is 1. The number of halogens is 1. The molecule has 0 aliphatic heterocycles. The summed E-state index contributed by atoms with van der Waals surface area (Å²) in [5.74, 6) is 0.478. The van der Waals surface area contributed by atoms with E-state index in [2.05, 4.69) is 35.0 Å². The number of hydrogen-bond acceptors (Lipinski definition) is 2. The molecule has 1 heterocycles. The van der Waals surface area contributed by atoms with Gasteiger partial charge in [-0.1, -0.05) is 12.2 Å². The molecule has 3 N–H and O–H groups in total. The first kappa shape index (κ1) is 17.9. The third-order valence-corrected chi connectivity index (χ3v) is 2.48. The highest BCUT2D eigenvalue weighted by Gasteiger charge is 2.00. The van der Waals surface area contributed by atoms with Crippen LogP contribution in [-0.2, 0) is 6.54 Å². The standard InChI is InChI=1S/C13H23N5.HI/c1-10(2)9-16-13(14)15-6-5-7-18-12(4)8-11(3)17-18;/h8H,1,5-7,9H2,2-4H3,(H3,14,15,16);1H. The van der Waals surface area contributed by atoms with Crippen LogP contribution < -0.4 is 11.1 Å². The Morgan fingerprint density at radius 3 is 2.74 bits per heavy atom. The Morgan fingerprint density at radius 2 is 2.21 bits per heavy atom. The summed E-state index contributed by atoms with van der Waals surface area (Å²) >= 11 is 0. The van der Waals surface area contributed by atoms with Crippen molar-refractivity contribution in [2.75, 3.05) is 13.1 Å². The maximum absolute atomic E-state index is 5.71. The highest BCUT2D eigenvalue weighted by Crippen LogP contribution is 2.02. The van der Waals surface area contributed by atoms with Gasteiger partial charge < -0.3 is 11.1 Å². The maximum atomic E-state index is 5.71. The summed E-state index contributed by atoms with van der Waals surface area (Å²) in [6, 6.07) is 2.08. The Morgan fingerprint density at radius 1 is 1.53 bits per heavy atom.